The van der Waals surface area contributed by atoms with Crippen LogP contribution < -0.4 is 5.32 Å². The molecule has 0 radical (unpaired) electrons. The lowest BCUT2D eigenvalue weighted by molar-refractivity contribution is 0.0918. The van der Waals surface area contributed by atoms with Gasteiger partial charge in [-0.3, -0.25) is 4.79 Å². The van der Waals surface area contributed by atoms with Crippen LogP contribution in [0.4, 0.5) is 0 Å². The molecule has 0 fully saturated rings. The molecular formula is C25H26N4O2. The van der Waals surface area contributed by atoms with Crippen LogP contribution in [0.1, 0.15) is 47.5 Å². The van der Waals surface area contributed by atoms with Gasteiger partial charge in [-0.05, 0) is 38.0 Å². The van der Waals surface area contributed by atoms with Crippen molar-refractivity contribution in [2.24, 2.45) is 0 Å². The predicted octanol–water partition coefficient (Wildman–Crippen LogP) is 4.45. The lowest BCUT2D eigenvalue weighted by Crippen LogP contribution is -2.28. The fourth-order valence-corrected chi connectivity index (χ4v) is 3.66. The van der Waals surface area contributed by atoms with Crippen molar-refractivity contribution < 1.29 is 9.90 Å². The highest BCUT2D eigenvalue weighted by atomic mass is 16.3. The topological polar surface area (TPSA) is 80.0 Å². The van der Waals surface area contributed by atoms with Gasteiger partial charge in [-0.1, -0.05) is 54.6 Å². The van der Waals surface area contributed by atoms with Crippen LogP contribution in [-0.2, 0) is 0 Å². The molecule has 6 heteroatoms. The zero-order valence-corrected chi connectivity index (χ0v) is 17.9. The quantitative estimate of drug-likeness (QED) is 0.488. The molecule has 2 N–H and O–H groups in total. The van der Waals surface area contributed by atoms with Crippen LogP contribution in [0.5, 0.6) is 0 Å². The lowest BCUT2D eigenvalue weighted by atomic mass is 10.0. The highest BCUT2D eigenvalue weighted by molar-refractivity contribution is 6.06. The van der Waals surface area contributed by atoms with Crippen molar-refractivity contribution in [2.75, 3.05) is 6.54 Å². The standard InChI is InChI=1S/C25H26N4O2/c1-16(2)29-24-21(14-27-29)20(13-22(28-24)19-12-8-7-9-17(19)3)25(31)26-15-23(30)18-10-5-4-6-11-18/h4-14,16,23,30H,15H2,1-3H3,(H,26,31). The molecule has 2 heterocycles. The average molecular weight is 415 g/mol. The number of pyridine rings is 1. The largest absolute Gasteiger partial charge is 0.387 e. The minimum Gasteiger partial charge on any atom is -0.387 e. The van der Waals surface area contributed by atoms with E-state index < -0.39 is 6.10 Å². The number of benzene rings is 2. The molecule has 0 saturated heterocycles. The number of fused-ring (bicyclic) bond motifs is 1. The summed E-state index contributed by atoms with van der Waals surface area (Å²) in [5, 5.41) is 18.5. The number of rotatable bonds is 6. The summed E-state index contributed by atoms with van der Waals surface area (Å²) in [7, 11) is 0. The third-order valence-corrected chi connectivity index (χ3v) is 5.36. The van der Waals surface area contributed by atoms with Crippen molar-refractivity contribution in [1.82, 2.24) is 20.1 Å². The highest BCUT2D eigenvalue weighted by Gasteiger charge is 2.20. The number of aliphatic hydroxyl groups excluding tert-OH is 1. The predicted molar refractivity (Wildman–Crippen MR) is 122 cm³/mol. The van der Waals surface area contributed by atoms with Gasteiger partial charge in [0.25, 0.3) is 5.91 Å². The first-order chi connectivity index (χ1) is 15.0. The van der Waals surface area contributed by atoms with Crippen LogP contribution in [0.25, 0.3) is 22.3 Å². The Morgan fingerprint density at radius 2 is 1.81 bits per heavy atom. The van der Waals surface area contributed by atoms with Crippen molar-refractivity contribution in [1.29, 1.82) is 0 Å². The molecule has 4 aromatic rings. The molecule has 2 aromatic heterocycles. The summed E-state index contributed by atoms with van der Waals surface area (Å²) in [5.74, 6) is -0.263. The number of amides is 1. The summed E-state index contributed by atoms with van der Waals surface area (Å²) >= 11 is 0. The van der Waals surface area contributed by atoms with E-state index in [0.29, 0.717) is 16.6 Å². The van der Waals surface area contributed by atoms with Crippen LogP contribution in [0.2, 0.25) is 0 Å². The Kier molecular flexibility index (Phi) is 5.82. The van der Waals surface area contributed by atoms with Gasteiger partial charge in [0, 0.05) is 18.2 Å². The van der Waals surface area contributed by atoms with E-state index in [9.17, 15) is 9.90 Å². The fourth-order valence-electron chi connectivity index (χ4n) is 3.66. The van der Waals surface area contributed by atoms with Gasteiger partial charge >= 0.3 is 0 Å². The maximum atomic E-state index is 13.2. The van der Waals surface area contributed by atoms with Crippen LogP contribution in [0, 0.1) is 6.92 Å². The third kappa shape index (κ3) is 4.20. The van der Waals surface area contributed by atoms with Crippen LogP contribution in [0.3, 0.4) is 0 Å². The summed E-state index contributed by atoms with van der Waals surface area (Å²) in [6.45, 7) is 6.21. The number of aryl methyl sites for hydroxylation is 1. The lowest BCUT2D eigenvalue weighted by Gasteiger charge is -2.14. The van der Waals surface area contributed by atoms with E-state index in [4.69, 9.17) is 4.98 Å². The van der Waals surface area contributed by atoms with Gasteiger partial charge in [0.05, 0.1) is 28.9 Å². The molecule has 31 heavy (non-hydrogen) atoms. The second-order valence-corrected chi connectivity index (χ2v) is 7.93. The van der Waals surface area contributed by atoms with Gasteiger partial charge < -0.3 is 10.4 Å². The first-order valence-electron chi connectivity index (χ1n) is 10.4. The Morgan fingerprint density at radius 3 is 2.52 bits per heavy atom. The number of nitrogens with one attached hydrogen (secondary N) is 1. The van der Waals surface area contributed by atoms with Crippen molar-refractivity contribution in [2.45, 2.75) is 32.9 Å². The van der Waals surface area contributed by atoms with Crippen LogP contribution in [-0.4, -0.2) is 32.3 Å². The second kappa shape index (κ2) is 8.70. The number of hydrogen-bond acceptors (Lipinski definition) is 4. The van der Waals surface area contributed by atoms with Gasteiger partial charge in [0.2, 0.25) is 0 Å². The molecule has 6 nitrogen and oxygen atoms in total. The molecular weight excluding hydrogens is 388 g/mol. The molecule has 0 spiro atoms. The molecule has 0 aliphatic heterocycles. The SMILES string of the molecule is Cc1ccccc1-c1cc(C(=O)NCC(O)c2ccccc2)c2cnn(C(C)C)c2n1. The van der Waals surface area contributed by atoms with Gasteiger partial charge in [-0.15, -0.1) is 0 Å². The molecule has 158 valence electrons. The number of hydrogen-bond donors (Lipinski definition) is 2. The van der Waals surface area contributed by atoms with E-state index in [1.165, 1.54) is 0 Å². The van der Waals surface area contributed by atoms with Crippen molar-refractivity contribution >= 4 is 16.9 Å². The summed E-state index contributed by atoms with van der Waals surface area (Å²) in [6.07, 6.45) is 0.906. The fraction of sp³-hybridized carbons (Fsp3) is 0.240. The van der Waals surface area contributed by atoms with Crippen molar-refractivity contribution in [3.8, 4) is 11.3 Å². The molecule has 0 bridgehead atoms. The van der Waals surface area contributed by atoms with Crippen molar-refractivity contribution in [3.05, 3.63) is 83.6 Å². The summed E-state index contributed by atoms with van der Waals surface area (Å²) in [6, 6.07) is 19.2. The first-order valence-corrected chi connectivity index (χ1v) is 10.4. The molecule has 4 rings (SSSR count). The molecule has 2 aromatic carbocycles. The van der Waals surface area contributed by atoms with E-state index in [2.05, 4.69) is 10.4 Å². The Bertz CT molecular complexity index is 1210. The van der Waals surface area contributed by atoms with Crippen molar-refractivity contribution in [3.63, 3.8) is 0 Å². The maximum absolute atomic E-state index is 13.2. The normalized spacial score (nSPS) is 12.3. The molecule has 0 saturated carbocycles. The van der Waals surface area contributed by atoms with Crippen LogP contribution >= 0.6 is 0 Å². The number of aliphatic hydroxyl groups is 1. The van der Waals surface area contributed by atoms with Gasteiger partial charge in [-0.2, -0.15) is 5.10 Å². The van der Waals surface area contributed by atoms with Gasteiger partial charge in [0.15, 0.2) is 5.65 Å². The Morgan fingerprint density at radius 1 is 1.10 bits per heavy atom. The van der Waals surface area contributed by atoms with Crippen LogP contribution in [0.15, 0.2) is 66.9 Å². The number of aromatic nitrogens is 3. The molecule has 1 amide bonds. The smallest absolute Gasteiger partial charge is 0.252 e. The van der Waals surface area contributed by atoms with Gasteiger partial charge in [-0.25, -0.2) is 9.67 Å². The zero-order chi connectivity index (χ0) is 22.0. The maximum Gasteiger partial charge on any atom is 0.252 e. The Hall–Kier alpha value is -3.51. The Balaban J connectivity index is 1.72. The molecule has 1 unspecified atom stereocenters. The Labute approximate surface area is 181 Å². The number of carbonyl (C=O) groups excluding carboxylic acids is 1. The summed E-state index contributed by atoms with van der Waals surface area (Å²) < 4.78 is 1.83. The molecule has 0 aliphatic rings. The monoisotopic (exact) mass is 414 g/mol. The van der Waals surface area contributed by atoms with E-state index in [-0.39, 0.29) is 18.5 Å². The number of nitrogens with zero attached hydrogens (tertiary/aromatic N) is 3. The minimum absolute atomic E-state index is 0.105. The van der Waals surface area contributed by atoms with E-state index in [0.717, 1.165) is 22.4 Å². The molecule has 0 aliphatic carbocycles. The minimum atomic E-state index is -0.781. The van der Waals surface area contributed by atoms with E-state index in [1.54, 1.807) is 12.3 Å². The average Bonchev–Trinajstić information content (AvgIpc) is 3.22. The zero-order valence-electron chi connectivity index (χ0n) is 17.9. The van der Waals surface area contributed by atoms with E-state index >= 15 is 0 Å². The van der Waals surface area contributed by atoms with E-state index in [1.807, 2.05) is 80.1 Å². The summed E-state index contributed by atoms with van der Waals surface area (Å²) in [5.41, 5.74) is 4.70. The summed E-state index contributed by atoms with van der Waals surface area (Å²) in [4.78, 5) is 18.0. The second-order valence-electron chi connectivity index (χ2n) is 7.93. The van der Waals surface area contributed by atoms with Gasteiger partial charge in [0.1, 0.15) is 0 Å². The highest BCUT2D eigenvalue weighted by Crippen LogP contribution is 2.28. The third-order valence-electron chi connectivity index (χ3n) is 5.36. The molecule has 1 atom stereocenters. The number of carbonyl (C=O) groups is 1. The first kappa shape index (κ1) is 20.8.